The zero-order valence-electron chi connectivity index (χ0n) is 16.8. The van der Waals surface area contributed by atoms with Gasteiger partial charge in [-0.3, -0.25) is 4.79 Å². The van der Waals surface area contributed by atoms with Gasteiger partial charge in [-0.2, -0.15) is 4.98 Å². The molecule has 0 bridgehead atoms. The normalized spacial score (nSPS) is 16.9. The molecule has 6 heteroatoms. The molecule has 1 aliphatic heterocycles. The second-order valence-corrected chi connectivity index (χ2v) is 7.83. The lowest BCUT2D eigenvalue weighted by atomic mass is 10.1. The molecule has 0 atom stereocenters. The molecule has 1 aromatic heterocycles. The molecular formula is C24H24N4O2. The van der Waals surface area contributed by atoms with Crippen LogP contribution in [0.5, 0.6) is 0 Å². The summed E-state index contributed by atoms with van der Waals surface area (Å²) in [6.07, 6.45) is 5.84. The minimum absolute atomic E-state index is 0.0671. The van der Waals surface area contributed by atoms with Crippen molar-refractivity contribution < 1.29 is 9.32 Å². The van der Waals surface area contributed by atoms with Crippen LogP contribution in [0.2, 0.25) is 0 Å². The largest absolute Gasteiger partial charge is 0.368 e. The molecule has 2 aromatic carbocycles. The van der Waals surface area contributed by atoms with E-state index in [4.69, 9.17) is 4.52 Å². The molecule has 2 aliphatic rings. The van der Waals surface area contributed by atoms with E-state index in [9.17, 15) is 4.79 Å². The van der Waals surface area contributed by atoms with E-state index in [0.717, 1.165) is 61.7 Å². The highest BCUT2D eigenvalue weighted by Gasteiger charge is 2.29. The Balaban J connectivity index is 1.17. The smallest absolute Gasteiger partial charge is 0.246 e. The Labute approximate surface area is 175 Å². The van der Waals surface area contributed by atoms with Gasteiger partial charge in [0.1, 0.15) is 0 Å². The van der Waals surface area contributed by atoms with Crippen molar-refractivity contribution in [1.82, 2.24) is 15.0 Å². The molecule has 3 aromatic rings. The highest BCUT2D eigenvalue weighted by Crippen LogP contribution is 2.39. The minimum atomic E-state index is 0.0671. The van der Waals surface area contributed by atoms with E-state index in [0.29, 0.717) is 11.7 Å². The standard InChI is InChI=1S/C24H24N4O2/c29-22(13-6-18-4-2-1-3-5-18)28-16-14-27(15-17-28)21-11-9-19(10-12-21)23-25-24(30-26-23)20-7-8-20/h1-6,9-13,20H,7-8,14-17H2. The molecule has 0 N–H and O–H groups in total. The number of nitrogens with zero attached hydrogens (tertiary/aromatic N) is 4. The van der Waals surface area contributed by atoms with Gasteiger partial charge in [-0.1, -0.05) is 35.5 Å². The van der Waals surface area contributed by atoms with Crippen LogP contribution in [-0.2, 0) is 4.79 Å². The molecule has 0 radical (unpaired) electrons. The molecule has 1 saturated heterocycles. The van der Waals surface area contributed by atoms with Crippen LogP contribution in [-0.4, -0.2) is 47.1 Å². The third-order valence-corrected chi connectivity index (χ3v) is 5.67. The summed E-state index contributed by atoms with van der Waals surface area (Å²) in [6.45, 7) is 3.07. The van der Waals surface area contributed by atoms with Crippen LogP contribution in [0, 0.1) is 0 Å². The Morgan fingerprint density at radius 1 is 0.967 bits per heavy atom. The Bertz CT molecular complexity index is 1030. The number of aromatic nitrogens is 2. The van der Waals surface area contributed by atoms with Crippen LogP contribution < -0.4 is 4.90 Å². The maximum atomic E-state index is 12.5. The number of anilines is 1. The Hall–Kier alpha value is -3.41. The molecule has 1 amide bonds. The quantitative estimate of drug-likeness (QED) is 0.607. The first-order valence-corrected chi connectivity index (χ1v) is 10.5. The first kappa shape index (κ1) is 18.6. The van der Waals surface area contributed by atoms with E-state index in [-0.39, 0.29) is 5.91 Å². The maximum Gasteiger partial charge on any atom is 0.246 e. The van der Waals surface area contributed by atoms with Gasteiger partial charge in [-0.15, -0.1) is 0 Å². The first-order valence-electron chi connectivity index (χ1n) is 10.5. The number of carbonyl (C=O) groups is 1. The topological polar surface area (TPSA) is 62.5 Å². The maximum absolute atomic E-state index is 12.5. The van der Waals surface area contributed by atoms with Crippen LogP contribution in [0.1, 0.15) is 30.2 Å². The second-order valence-electron chi connectivity index (χ2n) is 7.83. The van der Waals surface area contributed by atoms with E-state index in [1.54, 1.807) is 6.08 Å². The molecule has 0 unspecified atom stereocenters. The Kier molecular flexibility index (Phi) is 5.05. The number of hydrogen-bond acceptors (Lipinski definition) is 5. The lowest BCUT2D eigenvalue weighted by Crippen LogP contribution is -2.48. The monoisotopic (exact) mass is 400 g/mol. The first-order chi connectivity index (χ1) is 14.8. The molecule has 1 saturated carbocycles. The second kappa shape index (κ2) is 8.14. The average molecular weight is 400 g/mol. The van der Waals surface area contributed by atoms with Gasteiger partial charge in [0.15, 0.2) is 0 Å². The predicted molar refractivity (Wildman–Crippen MR) is 116 cm³/mol. The van der Waals surface area contributed by atoms with Crippen molar-refractivity contribution in [3.05, 3.63) is 72.1 Å². The highest BCUT2D eigenvalue weighted by molar-refractivity contribution is 5.92. The summed E-state index contributed by atoms with van der Waals surface area (Å²) >= 11 is 0. The number of rotatable bonds is 5. The highest BCUT2D eigenvalue weighted by atomic mass is 16.5. The van der Waals surface area contributed by atoms with Crippen molar-refractivity contribution in [2.45, 2.75) is 18.8 Å². The third-order valence-electron chi connectivity index (χ3n) is 5.67. The van der Waals surface area contributed by atoms with E-state index < -0.39 is 0 Å². The lowest BCUT2D eigenvalue weighted by Gasteiger charge is -2.35. The van der Waals surface area contributed by atoms with Crippen molar-refractivity contribution in [2.24, 2.45) is 0 Å². The fourth-order valence-electron chi connectivity index (χ4n) is 3.69. The number of hydrogen-bond donors (Lipinski definition) is 0. The number of amides is 1. The van der Waals surface area contributed by atoms with Crippen LogP contribution in [0.3, 0.4) is 0 Å². The number of piperazine rings is 1. The van der Waals surface area contributed by atoms with Crippen molar-refractivity contribution >= 4 is 17.7 Å². The molecule has 30 heavy (non-hydrogen) atoms. The van der Waals surface area contributed by atoms with Gasteiger partial charge in [0.25, 0.3) is 0 Å². The van der Waals surface area contributed by atoms with Crippen LogP contribution in [0.4, 0.5) is 5.69 Å². The fourth-order valence-corrected chi connectivity index (χ4v) is 3.69. The van der Waals surface area contributed by atoms with Crippen molar-refractivity contribution in [3.63, 3.8) is 0 Å². The average Bonchev–Trinajstić information content (AvgIpc) is 3.55. The van der Waals surface area contributed by atoms with Gasteiger partial charge >= 0.3 is 0 Å². The molecule has 1 aliphatic carbocycles. The van der Waals surface area contributed by atoms with Gasteiger partial charge in [-0.25, -0.2) is 0 Å². The van der Waals surface area contributed by atoms with Gasteiger partial charge in [0.05, 0.1) is 0 Å². The number of benzene rings is 2. The third kappa shape index (κ3) is 4.13. The molecule has 152 valence electrons. The van der Waals surface area contributed by atoms with E-state index in [1.807, 2.05) is 53.4 Å². The summed E-state index contributed by atoms with van der Waals surface area (Å²) in [7, 11) is 0. The molecule has 0 spiro atoms. The summed E-state index contributed by atoms with van der Waals surface area (Å²) in [5.74, 6) is 1.95. The molecular weight excluding hydrogens is 376 g/mol. The summed E-state index contributed by atoms with van der Waals surface area (Å²) < 4.78 is 5.36. The lowest BCUT2D eigenvalue weighted by molar-refractivity contribution is -0.126. The summed E-state index contributed by atoms with van der Waals surface area (Å²) in [6, 6.07) is 18.2. The minimum Gasteiger partial charge on any atom is -0.368 e. The van der Waals surface area contributed by atoms with Crippen molar-refractivity contribution in [3.8, 4) is 11.4 Å². The number of carbonyl (C=O) groups excluding carboxylic acids is 1. The zero-order chi connectivity index (χ0) is 20.3. The SMILES string of the molecule is O=C(C=Cc1ccccc1)N1CCN(c2ccc(-c3noc(C4CC4)n3)cc2)CC1. The van der Waals surface area contributed by atoms with Crippen LogP contribution >= 0.6 is 0 Å². The summed E-state index contributed by atoms with van der Waals surface area (Å²) in [5, 5.41) is 4.11. The van der Waals surface area contributed by atoms with Gasteiger partial charge in [-0.05, 0) is 48.7 Å². The zero-order valence-corrected chi connectivity index (χ0v) is 16.8. The van der Waals surface area contributed by atoms with Gasteiger partial charge in [0, 0.05) is 49.4 Å². The van der Waals surface area contributed by atoms with Gasteiger partial charge < -0.3 is 14.3 Å². The van der Waals surface area contributed by atoms with Crippen LogP contribution in [0.25, 0.3) is 17.5 Å². The van der Waals surface area contributed by atoms with Crippen molar-refractivity contribution in [2.75, 3.05) is 31.1 Å². The predicted octanol–water partition coefficient (Wildman–Crippen LogP) is 3.98. The van der Waals surface area contributed by atoms with E-state index in [1.165, 1.54) is 0 Å². The van der Waals surface area contributed by atoms with Gasteiger partial charge in [0.2, 0.25) is 17.6 Å². The molecule has 6 nitrogen and oxygen atoms in total. The van der Waals surface area contributed by atoms with Crippen molar-refractivity contribution in [1.29, 1.82) is 0 Å². The Morgan fingerprint density at radius 2 is 1.70 bits per heavy atom. The van der Waals surface area contributed by atoms with Crippen LogP contribution in [0.15, 0.2) is 65.2 Å². The summed E-state index contributed by atoms with van der Waals surface area (Å²) in [5.41, 5.74) is 3.15. The molecule has 2 heterocycles. The fraction of sp³-hybridized carbons (Fsp3) is 0.292. The Morgan fingerprint density at radius 3 is 2.40 bits per heavy atom. The molecule has 2 fully saturated rings. The van der Waals surface area contributed by atoms with E-state index >= 15 is 0 Å². The molecule has 5 rings (SSSR count). The van der Waals surface area contributed by atoms with E-state index in [2.05, 4.69) is 27.2 Å². The summed E-state index contributed by atoms with van der Waals surface area (Å²) in [4.78, 5) is 21.2.